The lowest BCUT2D eigenvalue weighted by molar-refractivity contribution is 0.0414. The predicted molar refractivity (Wildman–Crippen MR) is 66.6 cm³/mol. The maximum atomic E-state index is 13.0. The van der Waals surface area contributed by atoms with Crippen LogP contribution in [0.15, 0.2) is 24.3 Å². The van der Waals surface area contributed by atoms with E-state index in [0.29, 0.717) is 6.54 Å². The number of anilines is 1. The molecule has 1 saturated heterocycles. The Labute approximate surface area is 101 Å². The predicted octanol–water partition coefficient (Wildman–Crippen LogP) is 1.74. The number of aliphatic hydroxyl groups is 1. The molecule has 17 heavy (non-hydrogen) atoms. The molecule has 1 fully saturated rings. The quantitative estimate of drug-likeness (QED) is 0.751. The van der Waals surface area contributed by atoms with Crippen LogP contribution in [0.4, 0.5) is 10.1 Å². The summed E-state index contributed by atoms with van der Waals surface area (Å²) in [6, 6.07) is 6.32. The van der Waals surface area contributed by atoms with Gasteiger partial charge in [-0.15, -0.1) is 0 Å². The average Bonchev–Trinajstić information content (AvgIpc) is 2.53. The van der Waals surface area contributed by atoms with E-state index in [9.17, 15) is 9.50 Å². The molecule has 0 aromatic heterocycles. The van der Waals surface area contributed by atoms with Crippen molar-refractivity contribution in [2.75, 3.05) is 25.0 Å². The summed E-state index contributed by atoms with van der Waals surface area (Å²) in [4.78, 5) is 0. The molecular weight excluding hydrogens is 219 g/mol. The van der Waals surface area contributed by atoms with Crippen LogP contribution in [0.3, 0.4) is 0 Å². The Hall–Kier alpha value is -1.13. The monoisotopic (exact) mass is 238 g/mol. The van der Waals surface area contributed by atoms with E-state index in [1.807, 2.05) is 0 Å². The molecule has 0 radical (unpaired) electrons. The molecule has 94 valence electrons. The topological polar surface area (TPSA) is 44.3 Å². The Morgan fingerprint density at radius 3 is 3.06 bits per heavy atom. The number of nitrogens with one attached hydrogen (secondary N) is 2. The minimum atomic E-state index is -0.685. The lowest BCUT2D eigenvalue weighted by atomic mass is 9.95. The van der Waals surface area contributed by atoms with Crippen LogP contribution in [-0.4, -0.2) is 30.3 Å². The molecule has 1 aliphatic rings. The van der Waals surface area contributed by atoms with Crippen molar-refractivity contribution < 1.29 is 9.50 Å². The highest BCUT2D eigenvalue weighted by molar-refractivity contribution is 5.43. The molecule has 1 atom stereocenters. The first kappa shape index (κ1) is 12.3. The summed E-state index contributed by atoms with van der Waals surface area (Å²) in [6.07, 6.45) is 2.49. The van der Waals surface area contributed by atoms with Gasteiger partial charge in [-0.05, 0) is 50.6 Å². The van der Waals surface area contributed by atoms with Crippen molar-refractivity contribution in [2.24, 2.45) is 0 Å². The fourth-order valence-corrected chi connectivity index (χ4v) is 2.16. The van der Waals surface area contributed by atoms with Crippen molar-refractivity contribution in [1.82, 2.24) is 5.32 Å². The van der Waals surface area contributed by atoms with E-state index < -0.39 is 5.60 Å². The molecule has 1 aliphatic heterocycles. The summed E-state index contributed by atoms with van der Waals surface area (Å²) in [7, 11) is 0. The van der Waals surface area contributed by atoms with Crippen molar-refractivity contribution in [3.8, 4) is 0 Å². The van der Waals surface area contributed by atoms with E-state index in [1.165, 1.54) is 12.1 Å². The third kappa shape index (κ3) is 3.68. The Bertz CT molecular complexity index is 362. The molecule has 1 aromatic rings. The molecule has 3 nitrogen and oxygen atoms in total. The third-order valence-corrected chi connectivity index (χ3v) is 3.21. The van der Waals surface area contributed by atoms with E-state index in [0.717, 1.165) is 38.0 Å². The van der Waals surface area contributed by atoms with Crippen molar-refractivity contribution in [3.63, 3.8) is 0 Å². The highest BCUT2D eigenvalue weighted by atomic mass is 19.1. The third-order valence-electron chi connectivity index (χ3n) is 3.21. The molecule has 0 bridgehead atoms. The van der Waals surface area contributed by atoms with Gasteiger partial charge in [0.1, 0.15) is 5.82 Å². The normalized spacial score (nSPS) is 25.3. The highest BCUT2D eigenvalue weighted by Gasteiger charge is 2.27. The second kappa shape index (κ2) is 5.47. The van der Waals surface area contributed by atoms with Crippen LogP contribution in [0.1, 0.15) is 19.3 Å². The lowest BCUT2D eigenvalue weighted by Gasteiger charge is -2.27. The van der Waals surface area contributed by atoms with E-state index in [2.05, 4.69) is 10.6 Å². The van der Waals surface area contributed by atoms with Crippen molar-refractivity contribution >= 4 is 5.69 Å². The Balaban J connectivity index is 1.92. The fraction of sp³-hybridized carbons (Fsp3) is 0.538. The zero-order valence-corrected chi connectivity index (χ0v) is 9.88. The van der Waals surface area contributed by atoms with Crippen LogP contribution in [0.25, 0.3) is 0 Å². The van der Waals surface area contributed by atoms with Crippen molar-refractivity contribution in [1.29, 1.82) is 0 Å². The summed E-state index contributed by atoms with van der Waals surface area (Å²) in [5, 5.41) is 16.8. The first-order valence-electron chi connectivity index (χ1n) is 6.11. The molecule has 4 heteroatoms. The Morgan fingerprint density at radius 1 is 1.35 bits per heavy atom. The van der Waals surface area contributed by atoms with E-state index >= 15 is 0 Å². The number of rotatable bonds is 3. The summed E-state index contributed by atoms with van der Waals surface area (Å²) in [6.45, 7) is 2.27. The summed E-state index contributed by atoms with van der Waals surface area (Å²) in [5.41, 5.74) is 0.0335. The second-order valence-electron chi connectivity index (χ2n) is 4.69. The van der Waals surface area contributed by atoms with E-state index in [4.69, 9.17) is 0 Å². The van der Waals surface area contributed by atoms with E-state index in [1.54, 1.807) is 12.1 Å². The van der Waals surface area contributed by atoms with Crippen LogP contribution in [0.5, 0.6) is 0 Å². The molecule has 1 heterocycles. The van der Waals surface area contributed by atoms with Crippen molar-refractivity contribution in [3.05, 3.63) is 30.1 Å². The van der Waals surface area contributed by atoms with Gasteiger partial charge in [0.25, 0.3) is 0 Å². The second-order valence-corrected chi connectivity index (χ2v) is 4.69. The first-order valence-corrected chi connectivity index (χ1v) is 6.11. The van der Waals surface area contributed by atoms with Gasteiger partial charge < -0.3 is 15.7 Å². The van der Waals surface area contributed by atoms with Gasteiger partial charge in [-0.3, -0.25) is 0 Å². The summed E-state index contributed by atoms with van der Waals surface area (Å²) >= 11 is 0. The van der Waals surface area contributed by atoms with Crippen LogP contribution < -0.4 is 10.6 Å². The maximum absolute atomic E-state index is 13.0. The first-order chi connectivity index (χ1) is 8.18. The largest absolute Gasteiger partial charge is 0.388 e. The summed E-state index contributed by atoms with van der Waals surface area (Å²) in [5.74, 6) is -0.260. The highest BCUT2D eigenvalue weighted by Crippen LogP contribution is 2.20. The number of hydrogen-bond donors (Lipinski definition) is 3. The van der Waals surface area contributed by atoms with Gasteiger partial charge in [0.05, 0.1) is 5.60 Å². The van der Waals surface area contributed by atoms with Crippen molar-refractivity contribution in [2.45, 2.75) is 24.9 Å². The number of benzene rings is 1. The Morgan fingerprint density at radius 2 is 2.24 bits per heavy atom. The number of halogens is 1. The van der Waals surface area contributed by atoms with Crippen LogP contribution in [0, 0.1) is 5.82 Å². The molecule has 3 N–H and O–H groups in total. The molecule has 0 spiro atoms. The molecule has 0 amide bonds. The fourth-order valence-electron chi connectivity index (χ4n) is 2.16. The Kier molecular flexibility index (Phi) is 3.97. The maximum Gasteiger partial charge on any atom is 0.125 e. The minimum Gasteiger partial charge on any atom is -0.388 e. The summed E-state index contributed by atoms with van der Waals surface area (Å²) < 4.78 is 13.0. The standard InChI is InChI=1S/C13H19FN2O/c14-11-3-1-4-12(9-11)16-10-13(17)5-2-7-15-8-6-13/h1,3-4,9,15-17H,2,5-8,10H2. The smallest absolute Gasteiger partial charge is 0.125 e. The molecule has 1 unspecified atom stereocenters. The minimum absolute atomic E-state index is 0.260. The molecule has 0 saturated carbocycles. The lowest BCUT2D eigenvalue weighted by Crippen LogP contribution is -2.37. The molecule has 1 aromatic carbocycles. The van der Waals surface area contributed by atoms with Gasteiger partial charge in [-0.25, -0.2) is 4.39 Å². The SMILES string of the molecule is OC1(CNc2cccc(F)c2)CCCNCC1. The van der Waals surface area contributed by atoms with Crippen LogP contribution in [-0.2, 0) is 0 Å². The average molecular weight is 238 g/mol. The zero-order chi connectivity index (χ0) is 12.1. The van der Waals surface area contributed by atoms with Gasteiger partial charge in [-0.1, -0.05) is 6.07 Å². The van der Waals surface area contributed by atoms with Crippen LogP contribution in [0.2, 0.25) is 0 Å². The van der Waals surface area contributed by atoms with Gasteiger partial charge >= 0.3 is 0 Å². The molecular formula is C13H19FN2O. The van der Waals surface area contributed by atoms with Gasteiger partial charge in [0.15, 0.2) is 0 Å². The van der Waals surface area contributed by atoms with Gasteiger partial charge in [0, 0.05) is 12.2 Å². The molecule has 0 aliphatic carbocycles. The van der Waals surface area contributed by atoms with Crippen LogP contribution >= 0.6 is 0 Å². The molecule has 2 rings (SSSR count). The van der Waals surface area contributed by atoms with Gasteiger partial charge in [-0.2, -0.15) is 0 Å². The van der Waals surface area contributed by atoms with Gasteiger partial charge in [0.2, 0.25) is 0 Å². The van der Waals surface area contributed by atoms with E-state index in [-0.39, 0.29) is 5.82 Å². The number of hydrogen-bond acceptors (Lipinski definition) is 3. The zero-order valence-electron chi connectivity index (χ0n) is 9.88.